The third-order valence-electron chi connectivity index (χ3n) is 5.54. The Bertz CT molecular complexity index is 1100. The summed E-state index contributed by atoms with van der Waals surface area (Å²) in [6.45, 7) is 7.62. The molecule has 0 heterocycles. The number of nitrogens with zero attached hydrogens (tertiary/aromatic N) is 2. The number of carbonyl (C=O) groups excluding carboxylic acids is 2. The quantitative estimate of drug-likeness (QED) is 0.494. The molecule has 2 aromatic rings. The van der Waals surface area contributed by atoms with Gasteiger partial charge in [0, 0.05) is 18.1 Å². The van der Waals surface area contributed by atoms with Gasteiger partial charge in [-0.1, -0.05) is 68.8 Å². The number of carbonyl (C=O) groups is 2. The van der Waals surface area contributed by atoms with Crippen LogP contribution in [0.5, 0.6) is 0 Å². The van der Waals surface area contributed by atoms with Gasteiger partial charge in [-0.15, -0.1) is 0 Å². The van der Waals surface area contributed by atoms with E-state index in [1.54, 1.807) is 43.3 Å². The van der Waals surface area contributed by atoms with Gasteiger partial charge in [-0.3, -0.25) is 13.9 Å². The van der Waals surface area contributed by atoms with Gasteiger partial charge in [-0.2, -0.15) is 0 Å². The van der Waals surface area contributed by atoms with E-state index in [4.69, 9.17) is 11.6 Å². The lowest BCUT2D eigenvalue weighted by Crippen LogP contribution is -2.52. The van der Waals surface area contributed by atoms with Crippen LogP contribution < -0.4 is 9.62 Å². The Hall–Kier alpha value is -2.58. The number of benzene rings is 2. The molecular formula is C25H34ClN3O4S. The predicted octanol–water partition coefficient (Wildman–Crippen LogP) is 4.17. The minimum absolute atomic E-state index is 0.0495. The van der Waals surface area contributed by atoms with Crippen molar-refractivity contribution in [2.75, 3.05) is 23.7 Å². The van der Waals surface area contributed by atoms with Gasteiger partial charge in [0.05, 0.1) is 11.9 Å². The summed E-state index contributed by atoms with van der Waals surface area (Å²) in [5.74, 6) is -0.727. The highest BCUT2D eigenvalue weighted by Gasteiger charge is 2.32. The van der Waals surface area contributed by atoms with Crippen molar-refractivity contribution >= 4 is 39.1 Å². The number of para-hydroxylation sites is 1. The fourth-order valence-corrected chi connectivity index (χ4v) is 4.88. The van der Waals surface area contributed by atoms with E-state index in [-0.39, 0.29) is 18.4 Å². The molecule has 0 saturated heterocycles. The van der Waals surface area contributed by atoms with E-state index in [0.29, 0.717) is 29.2 Å². The van der Waals surface area contributed by atoms with E-state index in [1.807, 2.05) is 32.9 Å². The number of amides is 2. The average molecular weight is 508 g/mol. The van der Waals surface area contributed by atoms with Crippen LogP contribution in [0.15, 0.2) is 48.5 Å². The third-order valence-corrected chi connectivity index (χ3v) is 7.04. The Kier molecular flexibility index (Phi) is 9.94. The Morgan fingerprint density at radius 1 is 1.03 bits per heavy atom. The van der Waals surface area contributed by atoms with Gasteiger partial charge in [0.25, 0.3) is 0 Å². The molecule has 2 amide bonds. The molecule has 1 N–H and O–H groups in total. The van der Waals surface area contributed by atoms with Gasteiger partial charge in [-0.25, -0.2) is 8.42 Å². The van der Waals surface area contributed by atoms with Gasteiger partial charge in [-0.05, 0) is 42.5 Å². The molecule has 186 valence electrons. The Morgan fingerprint density at radius 2 is 1.65 bits per heavy atom. The molecule has 0 aliphatic heterocycles. The second kappa shape index (κ2) is 12.2. The minimum Gasteiger partial charge on any atom is -0.355 e. The van der Waals surface area contributed by atoms with Gasteiger partial charge in [0.2, 0.25) is 21.8 Å². The standard InChI is InChI=1S/C25H34ClN3O4S/c1-6-22(25(31)27-7-2)28(16-19-12-8-10-14-21(19)26)24(30)17-29(34(5,32)33)23-15-11-9-13-20(23)18(3)4/h8-15,18,22H,6-7,16-17H2,1-5H3,(H,27,31)/t22-/m0/s1. The van der Waals surface area contributed by atoms with Gasteiger partial charge >= 0.3 is 0 Å². The number of hydrogen-bond acceptors (Lipinski definition) is 4. The first kappa shape index (κ1) is 27.7. The summed E-state index contributed by atoms with van der Waals surface area (Å²) >= 11 is 6.35. The summed E-state index contributed by atoms with van der Waals surface area (Å²) in [7, 11) is -3.79. The zero-order chi connectivity index (χ0) is 25.5. The summed E-state index contributed by atoms with van der Waals surface area (Å²) < 4.78 is 26.7. The van der Waals surface area contributed by atoms with Gasteiger partial charge in [0.1, 0.15) is 12.6 Å². The molecule has 0 saturated carbocycles. The Morgan fingerprint density at radius 3 is 2.21 bits per heavy atom. The first-order valence-corrected chi connectivity index (χ1v) is 13.6. The van der Waals surface area contributed by atoms with Crippen LogP contribution in [-0.4, -0.2) is 50.5 Å². The summed E-state index contributed by atoms with van der Waals surface area (Å²) in [4.78, 5) is 27.9. The van der Waals surface area contributed by atoms with E-state index in [2.05, 4.69) is 5.32 Å². The predicted molar refractivity (Wildman–Crippen MR) is 137 cm³/mol. The summed E-state index contributed by atoms with van der Waals surface area (Å²) in [5, 5.41) is 3.24. The smallest absolute Gasteiger partial charge is 0.244 e. The van der Waals surface area contributed by atoms with Crippen molar-refractivity contribution in [3.05, 3.63) is 64.7 Å². The second-order valence-corrected chi connectivity index (χ2v) is 10.7. The molecular weight excluding hydrogens is 474 g/mol. The van der Waals surface area contributed by atoms with Gasteiger partial charge in [0.15, 0.2) is 0 Å². The lowest BCUT2D eigenvalue weighted by atomic mass is 10.0. The number of halogens is 1. The Balaban J connectivity index is 2.51. The highest BCUT2D eigenvalue weighted by Crippen LogP contribution is 2.29. The molecule has 0 fully saturated rings. The molecule has 0 aliphatic carbocycles. The van der Waals surface area contributed by atoms with Crippen LogP contribution in [0.1, 0.15) is 51.2 Å². The number of anilines is 1. The fraction of sp³-hybridized carbons (Fsp3) is 0.440. The number of hydrogen-bond donors (Lipinski definition) is 1. The molecule has 0 bridgehead atoms. The average Bonchev–Trinajstić information content (AvgIpc) is 2.77. The number of nitrogens with one attached hydrogen (secondary N) is 1. The van der Waals surface area contributed by atoms with Crippen molar-refractivity contribution in [2.45, 2.75) is 52.6 Å². The zero-order valence-electron chi connectivity index (χ0n) is 20.4. The van der Waals surface area contributed by atoms with Crippen LogP contribution in [0.25, 0.3) is 0 Å². The molecule has 0 aromatic heterocycles. The molecule has 9 heteroatoms. The summed E-state index contributed by atoms with van der Waals surface area (Å²) in [6, 6.07) is 13.5. The molecule has 34 heavy (non-hydrogen) atoms. The van der Waals surface area contributed by atoms with Crippen molar-refractivity contribution in [1.82, 2.24) is 10.2 Å². The third kappa shape index (κ3) is 6.96. The summed E-state index contributed by atoms with van der Waals surface area (Å²) in [6.07, 6.45) is 1.44. The van der Waals surface area contributed by atoms with Crippen LogP contribution in [-0.2, 0) is 26.2 Å². The van der Waals surface area contributed by atoms with Crippen LogP contribution in [0.3, 0.4) is 0 Å². The van der Waals surface area contributed by atoms with Gasteiger partial charge < -0.3 is 10.2 Å². The number of sulfonamides is 1. The maximum absolute atomic E-state index is 13.7. The SMILES string of the molecule is CCNC(=O)[C@H](CC)N(Cc1ccccc1Cl)C(=O)CN(c1ccccc1C(C)C)S(C)(=O)=O. The zero-order valence-corrected chi connectivity index (χ0v) is 22.0. The monoisotopic (exact) mass is 507 g/mol. The van der Waals surface area contributed by atoms with E-state index in [9.17, 15) is 18.0 Å². The number of rotatable bonds is 11. The summed E-state index contributed by atoms with van der Waals surface area (Å²) in [5.41, 5.74) is 1.94. The highest BCUT2D eigenvalue weighted by molar-refractivity contribution is 7.92. The van der Waals surface area contributed by atoms with Crippen molar-refractivity contribution in [3.63, 3.8) is 0 Å². The molecule has 2 rings (SSSR count). The van der Waals surface area contributed by atoms with E-state index in [0.717, 1.165) is 16.1 Å². The number of likely N-dealkylation sites (N-methyl/N-ethyl adjacent to an activating group) is 1. The largest absolute Gasteiger partial charge is 0.355 e. The topological polar surface area (TPSA) is 86.8 Å². The molecule has 0 unspecified atom stereocenters. The first-order chi connectivity index (χ1) is 16.0. The van der Waals surface area contributed by atoms with Crippen LogP contribution in [0.2, 0.25) is 5.02 Å². The second-order valence-electron chi connectivity index (χ2n) is 8.41. The van der Waals surface area contributed by atoms with Crippen LogP contribution >= 0.6 is 11.6 Å². The normalized spacial score (nSPS) is 12.3. The van der Waals surface area contributed by atoms with E-state index in [1.165, 1.54) is 4.90 Å². The Labute approximate surface area is 208 Å². The molecule has 0 spiro atoms. The lowest BCUT2D eigenvalue weighted by molar-refractivity contribution is -0.140. The first-order valence-electron chi connectivity index (χ1n) is 11.4. The minimum atomic E-state index is -3.79. The van der Waals surface area contributed by atoms with E-state index < -0.39 is 28.5 Å². The van der Waals surface area contributed by atoms with Crippen molar-refractivity contribution in [1.29, 1.82) is 0 Å². The molecule has 0 radical (unpaired) electrons. The lowest BCUT2D eigenvalue weighted by Gasteiger charge is -2.33. The molecule has 7 nitrogen and oxygen atoms in total. The molecule has 2 aromatic carbocycles. The van der Waals surface area contributed by atoms with E-state index >= 15 is 0 Å². The maximum Gasteiger partial charge on any atom is 0.244 e. The fourth-order valence-electron chi connectivity index (χ4n) is 3.82. The maximum atomic E-state index is 13.7. The van der Waals surface area contributed by atoms with Crippen molar-refractivity contribution in [3.8, 4) is 0 Å². The van der Waals surface area contributed by atoms with Crippen molar-refractivity contribution < 1.29 is 18.0 Å². The van der Waals surface area contributed by atoms with Crippen LogP contribution in [0.4, 0.5) is 5.69 Å². The molecule has 0 aliphatic rings. The highest BCUT2D eigenvalue weighted by atomic mass is 35.5. The van der Waals surface area contributed by atoms with Crippen molar-refractivity contribution in [2.24, 2.45) is 0 Å². The van der Waals surface area contributed by atoms with Crippen LogP contribution in [0, 0.1) is 0 Å². The molecule has 1 atom stereocenters.